The van der Waals surface area contributed by atoms with Crippen molar-refractivity contribution in [1.82, 2.24) is 0 Å². The molecule has 0 aliphatic rings. The minimum Gasteiger partial charge on any atom is -0.494 e. The molecule has 0 fully saturated rings. The molecule has 1 aromatic heterocycles. The van der Waals surface area contributed by atoms with Crippen LogP contribution in [-0.2, 0) is 0 Å². The third-order valence-corrected chi connectivity index (χ3v) is 5.67. The minimum absolute atomic E-state index is 0.0446. The molecule has 0 saturated heterocycles. The van der Waals surface area contributed by atoms with Gasteiger partial charge in [-0.15, -0.1) is 0 Å². The van der Waals surface area contributed by atoms with Gasteiger partial charge < -0.3 is 4.74 Å². The number of nitrogens with one attached hydrogen (secondary N) is 1. The Hall–Kier alpha value is -4.41. The average Bonchev–Trinajstić information content (AvgIpc) is 2.82. The maximum absolute atomic E-state index is 12.6. The predicted molar refractivity (Wildman–Crippen MR) is 122 cm³/mol. The molecule has 164 valence electrons. The number of carbonyl (C=O) groups excluding carboxylic acids is 1. The Labute approximate surface area is 193 Å². The number of thioether (sulfide) groups is 1. The second-order valence-corrected chi connectivity index (χ2v) is 7.68. The number of nitrogens with zero attached hydrogens (tertiary/aromatic N) is 3. The average molecular weight is 460 g/mol. The lowest BCUT2D eigenvalue weighted by Crippen LogP contribution is -2.19. The zero-order chi connectivity index (χ0) is 24.0. The second kappa shape index (κ2) is 10.3. The highest BCUT2D eigenvalue weighted by Gasteiger charge is 2.24. The van der Waals surface area contributed by atoms with Gasteiger partial charge in [-0.2, -0.15) is 10.5 Å². The molecule has 0 aliphatic carbocycles. The molecule has 2 aromatic carbocycles. The molecule has 0 atom stereocenters. The largest absolute Gasteiger partial charge is 0.494 e. The molecule has 0 radical (unpaired) electrons. The summed E-state index contributed by atoms with van der Waals surface area (Å²) in [7, 11) is 0. The fourth-order valence-corrected chi connectivity index (χ4v) is 4.03. The molecule has 3 N–H and O–H groups in total. The van der Waals surface area contributed by atoms with Crippen molar-refractivity contribution >= 4 is 29.1 Å². The summed E-state index contributed by atoms with van der Waals surface area (Å²) in [6.07, 6.45) is 0. The number of aromatic nitrogens is 1. The van der Waals surface area contributed by atoms with Gasteiger partial charge in [0.2, 0.25) is 0 Å². The number of ketones is 1. The van der Waals surface area contributed by atoms with E-state index >= 15 is 0 Å². The van der Waals surface area contributed by atoms with E-state index in [1.54, 1.807) is 24.3 Å². The lowest BCUT2D eigenvalue weighted by atomic mass is 9.97. The molecule has 33 heavy (non-hydrogen) atoms. The molecule has 9 nitrogen and oxygen atoms in total. The van der Waals surface area contributed by atoms with Crippen LogP contribution in [0.2, 0.25) is 0 Å². The number of benzene rings is 2. The molecule has 0 saturated carbocycles. The zero-order valence-electron chi connectivity index (χ0n) is 17.5. The van der Waals surface area contributed by atoms with Crippen molar-refractivity contribution in [1.29, 1.82) is 10.5 Å². The summed E-state index contributed by atoms with van der Waals surface area (Å²) in [5, 5.41) is 30.6. The fraction of sp³-hybridized carbons (Fsp3) is 0.130. The summed E-state index contributed by atoms with van der Waals surface area (Å²) in [6.45, 7) is 2.37. The van der Waals surface area contributed by atoms with Crippen LogP contribution in [0.25, 0.3) is 11.1 Å². The standard InChI is InChI=1S/C23H17N5O4S/c1-2-32-17-9-5-15(6-10-17)21-18(11-24)22(26)27-23(19(21)12-25)33-13-20(29)14-3-7-16(8-4-14)28(30)31/h3-10H,2,13H2,1H3,(H2,26,27)/p+1. The highest BCUT2D eigenvalue weighted by atomic mass is 32.2. The Morgan fingerprint density at radius 2 is 1.76 bits per heavy atom. The quantitative estimate of drug-likeness (QED) is 0.230. The monoisotopic (exact) mass is 460 g/mol. The van der Waals surface area contributed by atoms with E-state index < -0.39 is 4.92 Å². The maximum atomic E-state index is 12.6. The number of nitro groups is 1. The van der Waals surface area contributed by atoms with Gasteiger partial charge in [-0.3, -0.25) is 20.6 Å². The summed E-state index contributed by atoms with van der Waals surface area (Å²) in [5.41, 5.74) is 7.54. The van der Waals surface area contributed by atoms with E-state index in [4.69, 9.17) is 10.5 Å². The molecule has 1 heterocycles. The highest BCUT2D eigenvalue weighted by molar-refractivity contribution is 7.99. The number of aromatic amines is 1. The first kappa shape index (κ1) is 23.3. The van der Waals surface area contributed by atoms with Crippen molar-refractivity contribution in [3.63, 3.8) is 0 Å². The summed E-state index contributed by atoms with van der Waals surface area (Å²) in [5.74, 6) is 0.400. The smallest absolute Gasteiger partial charge is 0.289 e. The van der Waals surface area contributed by atoms with Gasteiger partial charge in [0.05, 0.1) is 17.3 Å². The molecule has 3 rings (SSSR count). The van der Waals surface area contributed by atoms with E-state index in [-0.39, 0.29) is 34.2 Å². The molecule has 0 amide bonds. The third kappa shape index (κ3) is 5.09. The van der Waals surface area contributed by atoms with Gasteiger partial charge in [-0.25, -0.2) is 4.98 Å². The van der Waals surface area contributed by atoms with Crippen LogP contribution in [0.4, 0.5) is 11.5 Å². The number of rotatable bonds is 8. The van der Waals surface area contributed by atoms with Gasteiger partial charge in [0.1, 0.15) is 29.0 Å². The van der Waals surface area contributed by atoms with Gasteiger partial charge >= 0.3 is 0 Å². The van der Waals surface area contributed by atoms with Crippen LogP contribution >= 0.6 is 11.8 Å². The Morgan fingerprint density at radius 1 is 1.12 bits per heavy atom. The normalized spacial score (nSPS) is 10.2. The fourth-order valence-electron chi connectivity index (χ4n) is 3.11. The summed E-state index contributed by atoms with van der Waals surface area (Å²) < 4.78 is 5.44. The van der Waals surface area contributed by atoms with Crippen LogP contribution in [0.1, 0.15) is 28.4 Å². The Morgan fingerprint density at radius 3 is 2.30 bits per heavy atom. The van der Waals surface area contributed by atoms with Crippen LogP contribution in [0.5, 0.6) is 5.75 Å². The number of pyridine rings is 1. The highest BCUT2D eigenvalue weighted by Crippen LogP contribution is 2.34. The van der Waals surface area contributed by atoms with Crippen LogP contribution < -0.4 is 15.5 Å². The number of hydrogen-bond donors (Lipinski definition) is 1. The first-order valence-electron chi connectivity index (χ1n) is 9.72. The summed E-state index contributed by atoms with van der Waals surface area (Å²) in [4.78, 5) is 25.7. The van der Waals surface area contributed by atoms with Crippen molar-refractivity contribution in [2.75, 3.05) is 18.1 Å². The maximum Gasteiger partial charge on any atom is 0.289 e. The zero-order valence-corrected chi connectivity index (χ0v) is 18.3. The topological polar surface area (TPSA) is 157 Å². The van der Waals surface area contributed by atoms with Crippen molar-refractivity contribution in [2.45, 2.75) is 11.9 Å². The van der Waals surface area contributed by atoms with Gasteiger partial charge in [-0.1, -0.05) is 23.9 Å². The molecular weight excluding hydrogens is 442 g/mol. The third-order valence-electron chi connectivity index (χ3n) is 4.67. The number of nitrogen functional groups attached to an aromatic ring is 1. The van der Waals surface area contributed by atoms with E-state index in [1.807, 2.05) is 13.0 Å². The van der Waals surface area contributed by atoms with E-state index in [1.165, 1.54) is 24.3 Å². The number of nitrogens with two attached hydrogens (primary N) is 1. The van der Waals surface area contributed by atoms with E-state index in [0.29, 0.717) is 34.1 Å². The van der Waals surface area contributed by atoms with Gasteiger partial charge in [0.25, 0.3) is 11.5 Å². The van der Waals surface area contributed by atoms with Crippen molar-refractivity contribution in [2.24, 2.45) is 0 Å². The molecule has 10 heteroatoms. The van der Waals surface area contributed by atoms with Crippen LogP contribution in [-0.4, -0.2) is 23.1 Å². The molecule has 0 aliphatic heterocycles. The van der Waals surface area contributed by atoms with Gasteiger partial charge in [0.15, 0.2) is 10.8 Å². The predicted octanol–water partition coefficient (Wildman–Crippen LogP) is 3.78. The lowest BCUT2D eigenvalue weighted by molar-refractivity contribution is -0.410. The lowest BCUT2D eigenvalue weighted by Gasteiger charge is -2.11. The van der Waals surface area contributed by atoms with Crippen LogP contribution in [0.15, 0.2) is 53.6 Å². The number of carbonyl (C=O) groups is 1. The van der Waals surface area contributed by atoms with Crippen LogP contribution in [0, 0.1) is 32.8 Å². The molecule has 3 aromatic rings. The minimum atomic E-state index is -0.543. The summed E-state index contributed by atoms with van der Waals surface area (Å²) in [6, 6.07) is 16.4. The number of ether oxygens (including phenoxy) is 1. The number of H-pyrrole nitrogens is 1. The van der Waals surface area contributed by atoms with Crippen LogP contribution in [0.3, 0.4) is 0 Å². The van der Waals surface area contributed by atoms with Gasteiger partial charge in [-0.05, 0) is 36.8 Å². The molecule has 0 unspecified atom stereocenters. The second-order valence-electron chi connectivity index (χ2n) is 6.69. The van der Waals surface area contributed by atoms with Crippen molar-refractivity contribution < 1.29 is 19.4 Å². The number of nitriles is 2. The van der Waals surface area contributed by atoms with Crippen molar-refractivity contribution in [3.05, 3.63) is 75.3 Å². The number of Topliss-reactive ketones (excluding diaryl/α,β-unsaturated/α-hetero) is 1. The number of nitro benzene ring substituents is 1. The number of hydrogen-bond acceptors (Lipinski definition) is 8. The van der Waals surface area contributed by atoms with E-state index in [9.17, 15) is 25.4 Å². The number of anilines is 1. The Bertz CT molecular complexity index is 1290. The SMILES string of the molecule is CCOc1ccc(-c2c(C#N)c(N)[nH+]c(SCC(=O)c3ccc([N+](=O)[O-])cc3)c2C#N)cc1. The first-order valence-corrected chi connectivity index (χ1v) is 10.7. The van der Waals surface area contributed by atoms with E-state index in [2.05, 4.69) is 11.1 Å². The Balaban J connectivity index is 1.94. The summed E-state index contributed by atoms with van der Waals surface area (Å²) >= 11 is 1.06. The van der Waals surface area contributed by atoms with E-state index in [0.717, 1.165) is 11.8 Å². The van der Waals surface area contributed by atoms with Gasteiger partial charge in [0, 0.05) is 23.3 Å². The molecule has 0 spiro atoms. The molecule has 0 bridgehead atoms. The number of non-ortho nitro benzene ring substituents is 1. The Kier molecular flexibility index (Phi) is 7.24. The van der Waals surface area contributed by atoms with Crippen molar-refractivity contribution in [3.8, 4) is 29.0 Å². The molecular formula is C23H18N5O4S+. The first-order chi connectivity index (χ1) is 15.9.